The van der Waals surface area contributed by atoms with Crippen LogP contribution in [0.2, 0.25) is 0 Å². The Kier molecular flexibility index (Phi) is 4.49. The fourth-order valence-electron chi connectivity index (χ4n) is 1.82. The minimum Gasteiger partial charge on any atom is -0.305 e. The van der Waals surface area contributed by atoms with Crippen molar-refractivity contribution in [1.82, 2.24) is 20.1 Å². The molecule has 18 heavy (non-hydrogen) atoms. The molecule has 5 heteroatoms. The summed E-state index contributed by atoms with van der Waals surface area (Å²) in [5, 5.41) is 7.85. The van der Waals surface area contributed by atoms with Crippen LogP contribution in [-0.4, -0.2) is 14.8 Å². The molecule has 2 rings (SSSR count). The molecule has 0 bridgehead atoms. The number of rotatable bonds is 5. The average molecular weight is 309 g/mol. The van der Waals surface area contributed by atoms with Gasteiger partial charge in [0.15, 0.2) is 0 Å². The summed E-state index contributed by atoms with van der Waals surface area (Å²) in [4.78, 5) is 4.28. The van der Waals surface area contributed by atoms with E-state index in [4.69, 9.17) is 0 Å². The molecule has 1 N–H and O–H groups in total. The lowest BCUT2D eigenvalue weighted by atomic mass is 10.3. The molecule has 0 saturated carbocycles. The molecule has 0 atom stereocenters. The van der Waals surface area contributed by atoms with Gasteiger partial charge >= 0.3 is 0 Å². The Morgan fingerprint density at radius 2 is 2.17 bits per heavy atom. The van der Waals surface area contributed by atoms with Gasteiger partial charge in [0.2, 0.25) is 0 Å². The highest BCUT2D eigenvalue weighted by Gasteiger charge is 2.11. The quantitative estimate of drug-likeness (QED) is 0.922. The summed E-state index contributed by atoms with van der Waals surface area (Å²) < 4.78 is 3.04. The smallest absolute Gasteiger partial charge is 0.0767 e. The molecule has 2 aromatic heterocycles. The number of aromatic nitrogens is 3. The number of nitrogens with one attached hydrogen (secondary N) is 1. The normalized spacial score (nSPS) is 10.8. The second-order valence-corrected chi connectivity index (χ2v) is 4.90. The van der Waals surface area contributed by atoms with Gasteiger partial charge in [0.25, 0.3) is 0 Å². The summed E-state index contributed by atoms with van der Waals surface area (Å²) in [7, 11) is 1.97. The van der Waals surface area contributed by atoms with Crippen molar-refractivity contribution in [3.8, 4) is 0 Å². The second-order valence-electron chi connectivity index (χ2n) is 4.11. The first-order valence-electron chi connectivity index (χ1n) is 6.03. The maximum atomic E-state index is 4.47. The first-order valence-corrected chi connectivity index (χ1v) is 6.82. The van der Waals surface area contributed by atoms with Crippen LogP contribution in [0.25, 0.3) is 0 Å². The Bertz CT molecular complexity index is 507. The van der Waals surface area contributed by atoms with E-state index in [1.54, 1.807) is 0 Å². The molecule has 0 spiro atoms. The Morgan fingerprint density at radius 3 is 2.78 bits per heavy atom. The second kappa shape index (κ2) is 6.11. The van der Waals surface area contributed by atoms with Crippen molar-refractivity contribution in [1.29, 1.82) is 0 Å². The van der Waals surface area contributed by atoms with Gasteiger partial charge in [0.1, 0.15) is 0 Å². The number of hydrogen-bond acceptors (Lipinski definition) is 3. The molecule has 2 heterocycles. The van der Waals surface area contributed by atoms with Gasteiger partial charge in [-0.3, -0.25) is 9.67 Å². The van der Waals surface area contributed by atoms with E-state index in [0.717, 1.165) is 35.4 Å². The summed E-state index contributed by atoms with van der Waals surface area (Å²) in [6, 6.07) is 5.94. The van der Waals surface area contributed by atoms with Crippen LogP contribution in [0.1, 0.15) is 24.0 Å². The average Bonchev–Trinajstić information content (AvgIpc) is 2.67. The molecule has 96 valence electrons. The predicted molar refractivity (Wildman–Crippen MR) is 75.1 cm³/mol. The lowest BCUT2D eigenvalue weighted by Gasteiger charge is -2.05. The molecule has 0 radical (unpaired) electrons. The Hall–Kier alpha value is -1.20. The minimum atomic E-state index is 0.764. The van der Waals surface area contributed by atoms with E-state index < -0.39 is 0 Å². The third-order valence-corrected chi connectivity index (χ3v) is 3.74. The predicted octanol–water partition coefficient (Wildman–Crippen LogP) is 2.43. The molecule has 0 aliphatic rings. The van der Waals surface area contributed by atoms with Crippen LogP contribution in [0.5, 0.6) is 0 Å². The summed E-state index contributed by atoms with van der Waals surface area (Å²) in [5.74, 6) is 0. The van der Waals surface area contributed by atoms with Gasteiger partial charge in [-0.05, 0) is 34.5 Å². The number of aryl methyl sites for hydroxylation is 2. The van der Waals surface area contributed by atoms with Gasteiger partial charge in [0.05, 0.1) is 21.6 Å². The molecule has 0 fully saturated rings. The molecule has 0 saturated heterocycles. The lowest BCUT2D eigenvalue weighted by Crippen LogP contribution is -2.16. The van der Waals surface area contributed by atoms with Crippen LogP contribution in [-0.2, 0) is 26.6 Å². The van der Waals surface area contributed by atoms with Crippen molar-refractivity contribution in [2.75, 3.05) is 0 Å². The monoisotopic (exact) mass is 308 g/mol. The summed E-state index contributed by atoms with van der Waals surface area (Å²) in [6.07, 6.45) is 2.75. The molecule has 0 aromatic carbocycles. The van der Waals surface area contributed by atoms with E-state index in [9.17, 15) is 0 Å². The van der Waals surface area contributed by atoms with Crippen molar-refractivity contribution in [3.05, 3.63) is 46.0 Å². The summed E-state index contributed by atoms with van der Waals surface area (Å²) in [5.41, 5.74) is 3.32. The van der Waals surface area contributed by atoms with Gasteiger partial charge in [-0.25, -0.2) is 0 Å². The zero-order valence-corrected chi connectivity index (χ0v) is 12.2. The van der Waals surface area contributed by atoms with Crippen LogP contribution in [0.15, 0.2) is 28.9 Å². The zero-order valence-electron chi connectivity index (χ0n) is 10.7. The van der Waals surface area contributed by atoms with Gasteiger partial charge in [-0.15, -0.1) is 0 Å². The Labute approximate surface area is 116 Å². The molecular weight excluding hydrogens is 292 g/mol. The standard InChI is InChI=1S/C13H17BrN4/c1-3-11-13(14)12(18(2)17-11)9-15-8-10-6-4-5-7-16-10/h4-7,15H,3,8-9H2,1-2H3. The van der Waals surface area contributed by atoms with Crippen LogP contribution < -0.4 is 5.32 Å². The van der Waals surface area contributed by atoms with Crippen LogP contribution >= 0.6 is 15.9 Å². The van der Waals surface area contributed by atoms with Crippen molar-refractivity contribution < 1.29 is 0 Å². The van der Waals surface area contributed by atoms with Gasteiger partial charge in [-0.1, -0.05) is 13.0 Å². The first kappa shape index (κ1) is 13.2. The highest BCUT2D eigenvalue weighted by molar-refractivity contribution is 9.10. The van der Waals surface area contributed by atoms with E-state index in [1.807, 2.05) is 36.1 Å². The minimum absolute atomic E-state index is 0.764. The van der Waals surface area contributed by atoms with Gasteiger partial charge in [0, 0.05) is 26.3 Å². The molecule has 0 aliphatic heterocycles. The maximum Gasteiger partial charge on any atom is 0.0767 e. The molecule has 0 amide bonds. The van der Waals surface area contributed by atoms with E-state index in [0.29, 0.717) is 0 Å². The highest BCUT2D eigenvalue weighted by Crippen LogP contribution is 2.21. The van der Waals surface area contributed by atoms with E-state index in [-0.39, 0.29) is 0 Å². The number of pyridine rings is 1. The molecule has 0 unspecified atom stereocenters. The van der Waals surface area contributed by atoms with E-state index >= 15 is 0 Å². The van der Waals surface area contributed by atoms with Crippen LogP contribution in [0, 0.1) is 0 Å². The largest absolute Gasteiger partial charge is 0.305 e. The number of nitrogens with zero attached hydrogens (tertiary/aromatic N) is 3. The SMILES string of the molecule is CCc1nn(C)c(CNCc2ccccn2)c1Br. The van der Waals surface area contributed by atoms with Crippen molar-refractivity contribution in [3.63, 3.8) is 0 Å². The third-order valence-electron chi connectivity index (χ3n) is 2.83. The van der Waals surface area contributed by atoms with Gasteiger partial charge in [-0.2, -0.15) is 5.10 Å². The summed E-state index contributed by atoms with van der Waals surface area (Å²) in [6.45, 7) is 3.65. The number of halogens is 1. The third kappa shape index (κ3) is 2.97. The van der Waals surface area contributed by atoms with Crippen LogP contribution in [0.4, 0.5) is 0 Å². The van der Waals surface area contributed by atoms with Crippen LogP contribution in [0.3, 0.4) is 0 Å². The van der Waals surface area contributed by atoms with E-state index in [2.05, 4.69) is 38.3 Å². The fraction of sp³-hybridized carbons (Fsp3) is 0.385. The fourth-order valence-corrected chi connectivity index (χ4v) is 2.58. The first-order chi connectivity index (χ1) is 8.72. The molecule has 0 aliphatic carbocycles. The van der Waals surface area contributed by atoms with Crippen molar-refractivity contribution in [2.45, 2.75) is 26.4 Å². The van der Waals surface area contributed by atoms with E-state index in [1.165, 1.54) is 5.69 Å². The Morgan fingerprint density at radius 1 is 1.33 bits per heavy atom. The highest BCUT2D eigenvalue weighted by atomic mass is 79.9. The number of hydrogen-bond donors (Lipinski definition) is 1. The van der Waals surface area contributed by atoms with Gasteiger partial charge < -0.3 is 5.32 Å². The molecule has 4 nitrogen and oxygen atoms in total. The maximum absolute atomic E-state index is 4.47. The summed E-state index contributed by atoms with van der Waals surface area (Å²) >= 11 is 3.61. The van der Waals surface area contributed by atoms with Crippen molar-refractivity contribution in [2.24, 2.45) is 7.05 Å². The lowest BCUT2D eigenvalue weighted by molar-refractivity contribution is 0.616. The molecule has 2 aromatic rings. The van der Waals surface area contributed by atoms with Crippen molar-refractivity contribution >= 4 is 15.9 Å². The molecular formula is C13H17BrN4. The Balaban J connectivity index is 1.96. The topological polar surface area (TPSA) is 42.7 Å². The zero-order chi connectivity index (χ0) is 13.0.